The van der Waals surface area contributed by atoms with Crippen LogP contribution in [0.5, 0.6) is 5.75 Å². The van der Waals surface area contributed by atoms with Crippen molar-refractivity contribution in [3.05, 3.63) is 29.6 Å². The smallest absolute Gasteiger partial charge is 0.238 e. The van der Waals surface area contributed by atoms with Crippen LogP contribution in [0.15, 0.2) is 18.2 Å². The number of nitrogens with zero attached hydrogens (tertiary/aromatic N) is 1. The van der Waals surface area contributed by atoms with Crippen LogP contribution in [-0.4, -0.2) is 43.1 Å². The molecule has 0 atom stereocenters. The van der Waals surface area contributed by atoms with E-state index in [-0.39, 0.29) is 36.3 Å². The first-order chi connectivity index (χ1) is 10.1. The molecule has 1 saturated carbocycles. The molecule has 4 nitrogen and oxygen atoms in total. The molecule has 21 heavy (non-hydrogen) atoms. The van der Waals surface area contributed by atoms with Gasteiger partial charge in [0.25, 0.3) is 0 Å². The van der Waals surface area contributed by atoms with Gasteiger partial charge in [0.2, 0.25) is 5.91 Å². The highest BCUT2D eigenvalue weighted by atomic mass is 35.5. The molecule has 0 heterocycles. The summed E-state index contributed by atoms with van der Waals surface area (Å²) in [4.78, 5) is 13.7. The quantitative estimate of drug-likeness (QED) is 0.757. The van der Waals surface area contributed by atoms with Crippen molar-refractivity contribution in [3.8, 4) is 5.75 Å². The van der Waals surface area contributed by atoms with Crippen molar-refractivity contribution in [1.82, 2.24) is 4.90 Å². The topological polar surface area (TPSA) is 38.8 Å². The Morgan fingerprint density at radius 1 is 1.43 bits per heavy atom. The van der Waals surface area contributed by atoms with E-state index < -0.39 is 0 Å². The van der Waals surface area contributed by atoms with Gasteiger partial charge in [0, 0.05) is 25.3 Å². The van der Waals surface area contributed by atoms with Crippen molar-refractivity contribution in [3.63, 3.8) is 0 Å². The molecule has 2 rings (SSSR count). The van der Waals surface area contributed by atoms with E-state index >= 15 is 0 Å². The van der Waals surface area contributed by atoms with Gasteiger partial charge in [-0.15, -0.1) is 11.6 Å². The molecule has 1 aromatic rings. The monoisotopic (exact) mass is 315 g/mol. The minimum atomic E-state index is -0.354. The molecule has 0 aromatic heterocycles. The third kappa shape index (κ3) is 3.66. The average molecular weight is 316 g/mol. The molecule has 1 amide bonds. The summed E-state index contributed by atoms with van der Waals surface area (Å²) in [5.41, 5.74) is 0.636. The Labute approximate surface area is 128 Å². The molecular weight excluding hydrogens is 297 g/mol. The van der Waals surface area contributed by atoms with Gasteiger partial charge in [-0.25, -0.2) is 4.39 Å². The molecule has 1 aromatic carbocycles. The lowest BCUT2D eigenvalue weighted by atomic mass is 9.87. The summed E-state index contributed by atoms with van der Waals surface area (Å²) in [5.74, 6) is -0.0486. The van der Waals surface area contributed by atoms with Crippen molar-refractivity contribution in [2.75, 3.05) is 20.1 Å². The summed E-state index contributed by atoms with van der Waals surface area (Å²) < 4.78 is 23.9. The SMILES string of the molecule is COc1ccc(F)cc1CN(C(=O)CCl)C1CC(OC)C1. The van der Waals surface area contributed by atoms with E-state index in [0.29, 0.717) is 11.3 Å². The Bertz CT molecular complexity index is 506. The molecular formula is C15H19ClFNO3. The molecule has 0 spiro atoms. The molecule has 1 aliphatic rings. The van der Waals surface area contributed by atoms with E-state index in [2.05, 4.69) is 0 Å². The van der Waals surface area contributed by atoms with E-state index in [9.17, 15) is 9.18 Å². The van der Waals surface area contributed by atoms with Gasteiger partial charge in [-0.2, -0.15) is 0 Å². The largest absolute Gasteiger partial charge is 0.496 e. The number of benzene rings is 1. The highest BCUT2D eigenvalue weighted by Gasteiger charge is 2.36. The minimum Gasteiger partial charge on any atom is -0.496 e. The molecule has 1 fully saturated rings. The number of rotatable bonds is 6. The van der Waals surface area contributed by atoms with E-state index in [0.717, 1.165) is 12.8 Å². The zero-order chi connectivity index (χ0) is 15.4. The zero-order valence-corrected chi connectivity index (χ0v) is 12.9. The van der Waals surface area contributed by atoms with Crippen LogP contribution >= 0.6 is 11.6 Å². The summed E-state index contributed by atoms with van der Waals surface area (Å²) in [5, 5.41) is 0. The molecule has 0 N–H and O–H groups in total. The third-order valence-corrected chi connectivity index (χ3v) is 4.09. The summed E-state index contributed by atoms with van der Waals surface area (Å²) >= 11 is 5.69. The lowest BCUT2D eigenvalue weighted by molar-refractivity contribution is -0.137. The first-order valence-electron chi connectivity index (χ1n) is 6.79. The summed E-state index contributed by atoms with van der Waals surface area (Å²) in [6, 6.07) is 4.36. The van der Waals surface area contributed by atoms with Crippen molar-refractivity contribution in [1.29, 1.82) is 0 Å². The van der Waals surface area contributed by atoms with Crippen molar-refractivity contribution >= 4 is 17.5 Å². The molecule has 116 valence electrons. The van der Waals surface area contributed by atoms with Crippen LogP contribution in [0, 0.1) is 5.82 Å². The lowest BCUT2D eigenvalue weighted by Gasteiger charge is -2.42. The molecule has 0 aliphatic heterocycles. The molecule has 0 unspecified atom stereocenters. The van der Waals surface area contributed by atoms with Gasteiger partial charge in [0.15, 0.2) is 0 Å². The van der Waals surface area contributed by atoms with Gasteiger partial charge >= 0.3 is 0 Å². The predicted octanol–water partition coefficient (Wildman–Crippen LogP) is 2.58. The molecule has 0 bridgehead atoms. The Balaban J connectivity index is 2.15. The van der Waals surface area contributed by atoms with Crippen molar-refractivity contribution in [2.45, 2.75) is 31.5 Å². The van der Waals surface area contributed by atoms with Crippen molar-refractivity contribution in [2.24, 2.45) is 0 Å². The standard InChI is InChI=1S/C15H19ClFNO3/c1-20-13-6-12(7-13)18(15(19)8-16)9-10-5-11(17)3-4-14(10)21-2/h3-5,12-13H,6-9H2,1-2H3. The highest BCUT2D eigenvalue weighted by Crippen LogP contribution is 2.31. The molecule has 6 heteroatoms. The molecule has 0 radical (unpaired) electrons. The van der Waals surface area contributed by atoms with Crippen LogP contribution in [0.3, 0.4) is 0 Å². The van der Waals surface area contributed by atoms with Crippen LogP contribution in [0.2, 0.25) is 0 Å². The Hall–Kier alpha value is -1.33. The number of ether oxygens (including phenoxy) is 2. The van der Waals surface area contributed by atoms with Crippen LogP contribution in [0.1, 0.15) is 18.4 Å². The Morgan fingerprint density at radius 3 is 2.71 bits per heavy atom. The normalized spacial score (nSPS) is 20.8. The highest BCUT2D eigenvalue weighted by molar-refractivity contribution is 6.27. The number of hydrogen-bond donors (Lipinski definition) is 0. The number of amides is 1. The van der Waals surface area contributed by atoms with Crippen LogP contribution < -0.4 is 4.74 Å². The van der Waals surface area contributed by atoms with E-state index in [1.165, 1.54) is 19.2 Å². The van der Waals surface area contributed by atoms with Crippen LogP contribution in [0.4, 0.5) is 4.39 Å². The maximum atomic E-state index is 13.4. The lowest BCUT2D eigenvalue weighted by Crippen LogP contribution is -2.50. The van der Waals surface area contributed by atoms with Crippen LogP contribution in [-0.2, 0) is 16.1 Å². The Kier molecular flexibility index (Phi) is 5.42. The first kappa shape index (κ1) is 16.0. The summed E-state index contributed by atoms with van der Waals surface area (Å²) in [6.07, 6.45) is 1.73. The first-order valence-corrected chi connectivity index (χ1v) is 7.33. The fraction of sp³-hybridized carbons (Fsp3) is 0.533. The predicted molar refractivity (Wildman–Crippen MR) is 78.0 cm³/mol. The zero-order valence-electron chi connectivity index (χ0n) is 12.1. The van der Waals surface area contributed by atoms with E-state index in [4.69, 9.17) is 21.1 Å². The number of halogens is 2. The average Bonchev–Trinajstić information content (AvgIpc) is 2.44. The van der Waals surface area contributed by atoms with Gasteiger partial charge < -0.3 is 14.4 Å². The maximum absolute atomic E-state index is 13.4. The van der Waals surface area contributed by atoms with E-state index in [1.54, 1.807) is 18.1 Å². The van der Waals surface area contributed by atoms with Gasteiger partial charge in [0.05, 0.1) is 13.2 Å². The summed E-state index contributed by atoms with van der Waals surface area (Å²) in [7, 11) is 3.18. The van der Waals surface area contributed by atoms with Crippen molar-refractivity contribution < 1.29 is 18.7 Å². The molecule has 1 aliphatic carbocycles. The number of methoxy groups -OCH3 is 2. The third-order valence-electron chi connectivity index (χ3n) is 3.86. The number of carbonyl (C=O) groups is 1. The Morgan fingerprint density at radius 2 is 2.14 bits per heavy atom. The van der Waals surface area contributed by atoms with Gasteiger partial charge in [-0.3, -0.25) is 4.79 Å². The van der Waals surface area contributed by atoms with Gasteiger partial charge in [-0.1, -0.05) is 0 Å². The van der Waals surface area contributed by atoms with Gasteiger partial charge in [-0.05, 0) is 31.0 Å². The second-order valence-electron chi connectivity index (χ2n) is 5.09. The second-order valence-corrected chi connectivity index (χ2v) is 5.36. The number of alkyl halides is 1. The second kappa shape index (κ2) is 7.09. The fourth-order valence-electron chi connectivity index (χ4n) is 2.54. The maximum Gasteiger partial charge on any atom is 0.238 e. The number of hydrogen-bond acceptors (Lipinski definition) is 3. The van der Waals surface area contributed by atoms with Crippen LogP contribution in [0.25, 0.3) is 0 Å². The molecule has 0 saturated heterocycles. The minimum absolute atomic E-state index is 0.0779. The fourth-order valence-corrected chi connectivity index (χ4v) is 2.69. The van der Waals surface area contributed by atoms with E-state index in [1.807, 2.05) is 0 Å². The number of carbonyl (C=O) groups excluding carboxylic acids is 1. The van der Waals surface area contributed by atoms with Gasteiger partial charge in [0.1, 0.15) is 17.4 Å². The summed E-state index contributed by atoms with van der Waals surface area (Å²) in [6.45, 7) is 0.285.